The largest absolute Gasteiger partial charge is 0.480 e. The first kappa shape index (κ1) is 10.3. The second-order valence-electron chi connectivity index (χ2n) is 1.96. The van der Waals surface area contributed by atoms with Gasteiger partial charge in [0.1, 0.15) is 6.04 Å². The molecular weight excluding hydrogens is 166 g/mol. The summed E-state index contributed by atoms with van der Waals surface area (Å²) in [5.41, 5.74) is 0. The van der Waals surface area contributed by atoms with Crippen molar-refractivity contribution in [2.75, 3.05) is 12.0 Å². The molecule has 0 bridgehead atoms. The molecule has 0 radical (unpaired) electrons. The molecule has 0 saturated heterocycles. The fourth-order valence-corrected chi connectivity index (χ4v) is 1.07. The summed E-state index contributed by atoms with van der Waals surface area (Å²) >= 11 is 1.55. The highest BCUT2D eigenvalue weighted by Crippen LogP contribution is 1.99. The van der Waals surface area contributed by atoms with Crippen LogP contribution in [0.25, 0.3) is 0 Å². The third-order valence-electron chi connectivity index (χ3n) is 1.18. The van der Waals surface area contributed by atoms with Gasteiger partial charge in [-0.15, -0.1) is 0 Å². The number of nitrogens with one attached hydrogen (secondary N) is 1. The fraction of sp³-hybridized carbons (Fsp3) is 0.667. The van der Waals surface area contributed by atoms with Crippen LogP contribution < -0.4 is 5.32 Å². The zero-order chi connectivity index (χ0) is 8.69. The SMILES string of the molecule is CSCC[C@@H](NC=O)C(=O)O. The highest BCUT2D eigenvalue weighted by Gasteiger charge is 2.14. The van der Waals surface area contributed by atoms with Crippen LogP contribution in [-0.4, -0.2) is 35.5 Å². The first-order valence-corrected chi connectivity index (χ1v) is 4.53. The lowest BCUT2D eigenvalue weighted by atomic mass is 10.2. The van der Waals surface area contributed by atoms with Crippen molar-refractivity contribution in [1.29, 1.82) is 0 Å². The Morgan fingerprint density at radius 2 is 2.45 bits per heavy atom. The van der Waals surface area contributed by atoms with Crippen molar-refractivity contribution in [2.24, 2.45) is 0 Å². The molecule has 0 aliphatic heterocycles. The number of carboxylic acid groups (broad SMARTS) is 1. The summed E-state index contributed by atoms with van der Waals surface area (Å²) < 4.78 is 0. The van der Waals surface area contributed by atoms with Crippen molar-refractivity contribution >= 4 is 24.1 Å². The van der Waals surface area contributed by atoms with Crippen LogP contribution in [0.15, 0.2) is 0 Å². The van der Waals surface area contributed by atoms with Crippen molar-refractivity contribution in [3.63, 3.8) is 0 Å². The minimum Gasteiger partial charge on any atom is -0.480 e. The second kappa shape index (κ2) is 6.03. The molecule has 1 atom stereocenters. The number of amides is 1. The summed E-state index contributed by atoms with van der Waals surface area (Å²) in [6.07, 6.45) is 2.77. The molecule has 0 rings (SSSR count). The van der Waals surface area contributed by atoms with Crippen LogP contribution in [0.5, 0.6) is 0 Å². The summed E-state index contributed by atoms with van der Waals surface area (Å²) in [5.74, 6) is -0.246. The topological polar surface area (TPSA) is 66.4 Å². The van der Waals surface area contributed by atoms with Crippen LogP contribution in [-0.2, 0) is 9.59 Å². The van der Waals surface area contributed by atoms with Gasteiger partial charge in [-0.25, -0.2) is 4.79 Å². The first-order chi connectivity index (χ1) is 5.22. The Kier molecular flexibility index (Phi) is 5.64. The van der Waals surface area contributed by atoms with Gasteiger partial charge in [-0.05, 0) is 18.4 Å². The molecule has 64 valence electrons. The molecule has 0 aromatic heterocycles. The summed E-state index contributed by atoms with van der Waals surface area (Å²) in [4.78, 5) is 20.3. The number of carbonyl (C=O) groups excluding carboxylic acids is 1. The number of hydrogen-bond donors (Lipinski definition) is 2. The Hall–Kier alpha value is -0.710. The van der Waals surface area contributed by atoms with E-state index in [0.717, 1.165) is 5.75 Å². The Labute approximate surface area is 69.4 Å². The second-order valence-corrected chi connectivity index (χ2v) is 2.94. The van der Waals surface area contributed by atoms with E-state index >= 15 is 0 Å². The number of rotatable bonds is 6. The van der Waals surface area contributed by atoms with Gasteiger partial charge in [0, 0.05) is 0 Å². The molecule has 0 heterocycles. The Morgan fingerprint density at radius 1 is 1.82 bits per heavy atom. The standard InChI is InChI=1S/C6H11NO3S/c1-11-3-2-5(6(9)10)7-4-8/h4-5H,2-3H2,1H3,(H,7,8)(H,9,10)/t5-/m1/s1. The Bertz CT molecular complexity index is 140. The Morgan fingerprint density at radius 3 is 2.82 bits per heavy atom. The van der Waals surface area contributed by atoms with Gasteiger partial charge >= 0.3 is 5.97 Å². The average molecular weight is 177 g/mol. The normalized spacial score (nSPS) is 12.1. The van der Waals surface area contributed by atoms with Gasteiger partial charge in [-0.1, -0.05) is 0 Å². The molecule has 0 saturated carbocycles. The van der Waals surface area contributed by atoms with Gasteiger partial charge in [0.25, 0.3) is 0 Å². The van der Waals surface area contributed by atoms with Crippen molar-refractivity contribution in [3.05, 3.63) is 0 Å². The molecule has 0 unspecified atom stereocenters. The Balaban J connectivity index is 3.69. The van der Waals surface area contributed by atoms with E-state index in [2.05, 4.69) is 5.32 Å². The van der Waals surface area contributed by atoms with Crippen molar-refractivity contribution in [3.8, 4) is 0 Å². The highest BCUT2D eigenvalue weighted by molar-refractivity contribution is 7.98. The highest BCUT2D eigenvalue weighted by atomic mass is 32.2. The molecule has 4 nitrogen and oxygen atoms in total. The maximum Gasteiger partial charge on any atom is 0.326 e. The number of aliphatic carboxylic acids is 1. The van der Waals surface area contributed by atoms with E-state index in [-0.39, 0.29) is 0 Å². The average Bonchev–Trinajstić information content (AvgIpc) is 1.97. The lowest BCUT2D eigenvalue weighted by molar-refractivity contribution is -0.140. The first-order valence-electron chi connectivity index (χ1n) is 3.13. The van der Waals surface area contributed by atoms with E-state index in [1.165, 1.54) is 0 Å². The maximum atomic E-state index is 10.4. The van der Waals surface area contributed by atoms with Crippen LogP contribution >= 0.6 is 11.8 Å². The molecule has 0 aliphatic carbocycles. The maximum absolute atomic E-state index is 10.4. The van der Waals surface area contributed by atoms with Gasteiger partial charge in [0.15, 0.2) is 0 Å². The smallest absolute Gasteiger partial charge is 0.326 e. The van der Waals surface area contributed by atoms with Gasteiger partial charge in [-0.2, -0.15) is 11.8 Å². The van der Waals surface area contributed by atoms with E-state index in [1.54, 1.807) is 11.8 Å². The predicted octanol–water partition coefficient (Wildman–Crippen LogP) is -0.0613. The zero-order valence-electron chi connectivity index (χ0n) is 6.24. The minimum absolute atomic E-state index is 0.416. The van der Waals surface area contributed by atoms with Crippen LogP contribution in [0.3, 0.4) is 0 Å². The molecular formula is C6H11NO3S. The van der Waals surface area contributed by atoms with Gasteiger partial charge < -0.3 is 10.4 Å². The van der Waals surface area contributed by atoms with Crippen molar-refractivity contribution < 1.29 is 14.7 Å². The van der Waals surface area contributed by atoms with Crippen LogP contribution in [0, 0.1) is 0 Å². The van der Waals surface area contributed by atoms with Crippen LogP contribution in [0.4, 0.5) is 0 Å². The molecule has 1 amide bonds. The molecule has 0 aliphatic rings. The van der Waals surface area contributed by atoms with E-state index in [1.807, 2.05) is 6.26 Å². The van der Waals surface area contributed by atoms with Gasteiger partial charge in [0.2, 0.25) is 6.41 Å². The number of thioether (sulfide) groups is 1. The lowest BCUT2D eigenvalue weighted by Crippen LogP contribution is -2.36. The number of carboxylic acids is 1. The van der Waals surface area contributed by atoms with E-state index in [9.17, 15) is 9.59 Å². The molecule has 0 spiro atoms. The summed E-state index contributed by atoms with van der Waals surface area (Å²) in [7, 11) is 0. The monoisotopic (exact) mass is 177 g/mol. The molecule has 11 heavy (non-hydrogen) atoms. The van der Waals surface area contributed by atoms with E-state index < -0.39 is 12.0 Å². The third-order valence-corrected chi connectivity index (χ3v) is 1.82. The van der Waals surface area contributed by atoms with E-state index in [4.69, 9.17) is 5.11 Å². The van der Waals surface area contributed by atoms with Crippen LogP contribution in [0.2, 0.25) is 0 Å². The van der Waals surface area contributed by atoms with E-state index in [0.29, 0.717) is 12.8 Å². The zero-order valence-corrected chi connectivity index (χ0v) is 7.06. The predicted molar refractivity (Wildman–Crippen MR) is 43.6 cm³/mol. The number of hydrogen-bond acceptors (Lipinski definition) is 3. The van der Waals surface area contributed by atoms with Gasteiger partial charge in [0.05, 0.1) is 0 Å². The molecule has 2 N–H and O–H groups in total. The molecule has 0 aromatic rings. The summed E-state index contributed by atoms with van der Waals surface area (Å²) in [5, 5.41) is 10.7. The fourth-order valence-electron chi connectivity index (χ4n) is 0.596. The lowest BCUT2D eigenvalue weighted by Gasteiger charge is -2.08. The van der Waals surface area contributed by atoms with Crippen molar-refractivity contribution in [1.82, 2.24) is 5.32 Å². The third kappa shape index (κ3) is 4.66. The number of carbonyl (C=O) groups is 2. The molecule has 0 fully saturated rings. The minimum atomic E-state index is -0.980. The van der Waals surface area contributed by atoms with Crippen molar-refractivity contribution in [2.45, 2.75) is 12.5 Å². The molecule has 0 aromatic carbocycles. The quantitative estimate of drug-likeness (QED) is 0.558. The summed E-state index contributed by atoms with van der Waals surface area (Å²) in [6.45, 7) is 0. The van der Waals surface area contributed by atoms with Crippen LogP contribution in [0.1, 0.15) is 6.42 Å². The van der Waals surface area contributed by atoms with Gasteiger partial charge in [-0.3, -0.25) is 4.79 Å². The summed E-state index contributed by atoms with van der Waals surface area (Å²) in [6, 6.07) is -0.736. The molecule has 5 heteroatoms.